The first kappa shape index (κ1) is 13.6. The molecule has 0 bridgehead atoms. The molecule has 0 aliphatic heterocycles. The number of fused-ring (bicyclic) bond motifs is 1. The topological polar surface area (TPSA) is 26.0 Å². The summed E-state index contributed by atoms with van der Waals surface area (Å²) in [5.74, 6) is 0. The van der Waals surface area contributed by atoms with Gasteiger partial charge in [-0.25, -0.2) is 0 Å². The van der Waals surface area contributed by atoms with Gasteiger partial charge in [-0.1, -0.05) is 54.6 Å². The van der Waals surface area contributed by atoms with Crippen LogP contribution in [-0.2, 0) is 6.42 Å². The second kappa shape index (κ2) is 5.94. The Labute approximate surface area is 133 Å². The van der Waals surface area contributed by atoms with Crippen molar-refractivity contribution in [3.05, 3.63) is 81.4 Å². The fourth-order valence-electron chi connectivity index (χ4n) is 2.45. The van der Waals surface area contributed by atoms with Gasteiger partial charge in [0.2, 0.25) is 0 Å². The molecule has 0 fully saturated rings. The highest BCUT2D eigenvalue weighted by Gasteiger charge is 2.07. The molecule has 0 radical (unpaired) electrons. The van der Waals surface area contributed by atoms with E-state index in [1.54, 1.807) is 0 Å². The van der Waals surface area contributed by atoms with Crippen LogP contribution in [0.5, 0.6) is 0 Å². The Bertz CT molecular complexity index is 719. The van der Waals surface area contributed by atoms with Crippen molar-refractivity contribution in [1.82, 2.24) is 0 Å². The maximum atomic E-state index is 6.32. The highest BCUT2D eigenvalue weighted by Crippen LogP contribution is 2.21. The fourth-order valence-corrected chi connectivity index (χ4v) is 2.81. The van der Waals surface area contributed by atoms with Gasteiger partial charge in [-0.3, -0.25) is 0 Å². The van der Waals surface area contributed by atoms with Gasteiger partial charge < -0.3 is 5.73 Å². The van der Waals surface area contributed by atoms with E-state index in [9.17, 15) is 0 Å². The zero-order valence-electron chi connectivity index (χ0n) is 11.1. The van der Waals surface area contributed by atoms with Crippen molar-refractivity contribution < 1.29 is 0 Å². The summed E-state index contributed by atoms with van der Waals surface area (Å²) in [7, 11) is 0. The Morgan fingerprint density at radius 3 is 2.30 bits per heavy atom. The lowest BCUT2D eigenvalue weighted by Gasteiger charge is -2.13. The molecule has 100 valence electrons. The van der Waals surface area contributed by atoms with Crippen LogP contribution in [0.15, 0.2) is 66.7 Å². The predicted molar refractivity (Wildman–Crippen MR) is 93.7 cm³/mol. The maximum absolute atomic E-state index is 6.32. The van der Waals surface area contributed by atoms with Crippen molar-refractivity contribution in [3.8, 4) is 0 Å². The number of halogens is 1. The number of benzene rings is 3. The second-order valence-corrected chi connectivity index (χ2v) is 6.29. The van der Waals surface area contributed by atoms with Crippen LogP contribution in [-0.4, -0.2) is 0 Å². The largest absolute Gasteiger partial charge is 0.324 e. The van der Waals surface area contributed by atoms with Gasteiger partial charge in [-0.2, -0.15) is 0 Å². The summed E-state index contributed by atoms with van der Waals surface area (Å²) < 4.78 is 1.24. The molecule has 2 heteroatoms. The molecule has 0 amide bonds. The third-order valence-corrected chi connectivity index (χ3v) is 4.29. The number of hydrogen-bond acceptors (Lipinski definition) is 1. The van der Waals surface area contributed by atoms with Crippen molar-refractivity contribution in [2.75, 3.05) is 0 Å². The monoisotopic (exact) mass is 373 g/mol. The number of nitrogens with two attached hydrogens (primary N) is 1. The van der Waals surface area contributed by atoms with Gasteiger partial charge in [-0.05, 0) is 63.0 Å². The summed E-state index contributed by atoms with van der Waals surface area (Å²) in [5.41, 5.74) is 8.80. The molecule has 2 N–H and O–H groups in total. The summed E-state index contributed by atoms with van der Waals surface area (Å²) in [6.45, 7) is 0. The minimum atomic E-state index is 0.0492. The van der Waals surface area contributed by atoms with Crippen LogP contribution in [0.4, 0.5) is 0 Å². The minimum Gasteiger partial charge on any atom is -0.324 e. The number of hydrogen-bond donors (Lipinski definition) is 1. The Morgan fingerprint density at radius 2 is 1.55 bits per heavy atom. The smallest absolute Gasteiger partial charge is 0.0335 e. The second-order valence-electron chi connectivity index (χ2n) is 5.04. The van der Waals surface area contributed by atoms with E-state index in [1.807, 2.05) is 0 Å². The third kappa shape index (κ3) is 3.02. The maximum Gasteiger partial charge on any atom is 0.0335 e. The molecular formula is C18H16IN. The van der Waals surface area contributed by atoms with Crippen LogP contribution < -0.4 is 5.73 Å². The first-order valence-corrected chi connectivity index (χ1v) is 7.79. The van der Waals surface area contributed by atoms with Crippen LogP contribution in [0.2, 0.25) is 0 Å². The molecule has 0 aliphatic carbocycles. The molecule has 3 aromatic carbocycles. The predicted octanol–water partition coefficient (Wildman–Crippen LogP) is 4.69. The average molecular weight is 373 g/mol. The minimum absolute atomic E-state index is 0.0492. The van der Waals surface area contributed by atoms with E-state index in [0.29, 0.717) is 0 Å². The first-order valence-electron chi connectivity index (χ1n) is 6.71. The summed E-state index contributed by atoms with van der Waals surface area (Å²) in [6, 6.07) is 23.5. The van der Waals surface area contributed by atoms with Crippen molar-refractivity contribution in [3.63, 3.8) is 0 Å². The molecule has 1 unspecified atom stereocenters. The van der Waals surface area contributed by atoms with E-state index >= 15 is 0 Å². The molecule has 20 heavy (non-hydrogen) atoms. The normalized spacial score (nSPS) is 12.5. The van der Waals surface area contributed by atoms with Gasteiger partial charge in [0.05, 0.1) is 0 Å². The zero-order valence-corrected chi connectivity index (χ0v) is 13.2. The van der Waals surface area contributed by atoms with Crippen molar-refractivity contribution >= 4 is 33.4 Å². The van der Waals surface area contributed by atoms with E-state index in [1.165, 1.54) is 25.5 Å². The molecule has 0 aromatic heterocycles. The molecule has 1 nitrogen and oxygen atoms in total. The lowest BCUT2D eigenvalue weighted by atomic mass is 9.98. The van der Waals surface area contributed by atoms with E-state index in [0.717, 1.165) is 6.42 Å². The van der Waals surface area contributed by atoms with Crippen LogP contribution in [0.1, 0.15) is 17.2 Å². The molecule has 0 saturated carbocycles. The van der Waals surface area contributed by atoms with E-state index in [2.05, 4.69) is 89.3 Å². The Morgan fingerprint density at radius 1 is 0.850 bits per heavy atom. The van der Waals surface area contributed by atoms with Crippen LogP contribution in [0.25, 0.3) is 10.8 Å². The van der Waals surface area contributed by atoms with Gasteiger partial charge in [-0.15, -0.1) is 0 Å². The van der Waals surface area contributed by atoms with E-state index < -0.39 is 0 Å². The first-order chi connectivity index (χ1) is 9.72. The molecule has 3 rings (SSSR count). The average Bonchev–Trinajstić information content (AvgIpc) is 2.48. The summed E-state index contributed by atoms with van der Waals surface area (Å²) >= 11 is 2.31. The molecule has 1 atom stereocenters. The Balaban J connectivity index is 1.83. The summed E-state index contributed by atoms with van der Waals surface area (Å²) in [4.78, 5) is 0. The van der Waals surface area contributed by atoms with Crippen molar-refractivity contribution in [1.29, 1.82) is 0 Å². The van der Waals surface area contributed by atoms with E-state index in [4.69, 9.17) is 5.73 Å². The van der Waals surface area contributed by atoms with Gasteiger partial charge in [0.15, 0.2) is 0 Å². The molecule has 0 aliphatic rings. The van der Waals surface area contributed by atoms with E-state index in [-0.39, 0.29) is 6.04 Å². The molecule has 0 saturated heterocycles. The molecule has 0 heterocycles. The lowest BCUT2D eigenvalue weighted by Crippen LogP contribution is -2.13. The fraction of sp³-hybridized carbons (Fsp3) is 0.111. The van der Waals surface area contributed by atoms with Gasteiger partial charge in [0.25, 0.3) is 0 Å². The highest BCUT2D eigenvalue weighted by molar-refractivity contribution is 14.1. The van der Waals surface area contributed by atoms with Crippen LogP contribution in [0, 0.1) is 3.57 Å². The Hall–Kier alpha value is -1.39. The van der Waals surface area contributed by atoms with Crippen LogP contribution in [0.3, 0.4) is 0 Å². The van der Waals surface area contributed by atoms with Gasteiger partial charge in [0, 0.05) is 9.61 Å². The molecule has 3 aromatic rings. The van der Waals surface area contributed by atoms with Crippen LogP contribution >= 0.6 is 22.6 Å². The van der Waals surface area contributed by atoms with Gasteiger partial charge >= 0.3 is 0 Å². The zero-order chi connectivity index (χ0) is 13.9. The van der Waals surface area contributed by atoms with Gasteiger partial charge in [0.1, 0.15) is 0 Å². The molecular weight excluding hydrogens is 357 g/mol. The lowest BCUT2D eigenvalue weighted by molar-refractivity contribution is 0.722. The quantitative estimate of drug-likeness (QED) is 0.663. The standard InChI is InChI=1S/C18H16IN/c19-17-9-7-15(8-10-17)18(20)12-13-5-6-14-3-1-2-4-16(14)11-13/h1-11,18H,12,20H2. The number of rotatable bonds is 3. The highest BCUT2D eigenvalue weighted by atomic mass is 127. The summed E-state index contributed by atoms with van der Waals surface area (Å²) in [6.07, 6.45) is 0.866. The SMILES string of the molecule is NC(Cc1ccc2ccccc2c1)c1ccc(I)cc1. The Kier molecular flexibility index (Phi) is 4.03. The molecule has 0 spiro atoms. The summed E-state index contributed by atoms with van der Waals surface area (Å²) in [5, 5.41) is 2.55. The third-order valence-electron chi connectivity index (χ3n) is 3.57. The van der Waals surface area contributed by atoms with Crippen molar-refractivity contribution in [2.45, 2.75) is 12.5 Å². The van der Waals surface area contributed by atoms with Crippen molar-refractivity contribution in [2.24, 2.45) is 5.73 Å².